The molecule has 0 saturated heterocycles. The van der Waals surface area contributed by atoms with Crippen molar-refractivity contribution in [3.63, 3.8) is 0 Å². The molecule has 0 radical (unpaired) electrons. The zero-order chi connectivity index (χ0) is 12.0. The smallest absolute Gasteiger partial charge is 0.341 e. The molecule has 0 bridgehead atoms. The molecule has 2 aromatic rings. The van der Waals surface area contributed by atoms with E-state index in [2.05, 4.69) is 4.37 Å². The van der Waals surface area contributed by atoms with Gasteiger partial charge in [0.25, 0.3) is 0 Å². The Bertz CT molecular complexity index is 621. The van der Waals surface area contributed by atoms with Crippen LogP contribution in [0.2, 0.25) is 0 Å². The van der Waals surface area contributed by atoms with Crippen molar-refractivity contribution >= 4 is 23.2 Å². The SMILES string of the molecule is Nc1ccc2c(c1C(=O)O)OCc1cnsc1-2. The summed E-state index contributed by atoms with van der Waals surface area (Å²) >= 11 is 1.33. The van der Waals surface area contributed by atoms with Crippen LogP contribution in [-0.2, 0) is 6.61 Å². The average molecular weight is 248 g/mol. The molecule has 0 amide bonds. The zero-order valence-electron chi connectivity index (χ0n) is 8.64. The van der Waals surface area contributed by atoms with Gasteiger partial charge in [-0.1, -0.05) is 0 Å². The van der Waals surface area contributed by atoms with Crippen LogP contribution in [-0.4, -0.2) is 15.4 Å². The highest BCUT2D eigenvalue weighted by molar-refractivity contribution is 7.09. The van der Waals surface area contributed by atoms with Gasteiger partial charge in [-0.25, -0.2) is 9.17 Å². The molecule has 1 aromatic carbocycles. The van der Waals surface area contributed by atoms with Gasteiger partial charge < -0.3 is 15.6 Å². The summed E-state index contributed by atoms with van der Waals surface area (Å²) in [5.41, 5.74) is 7.64. The fourth-order valence-electron chi connectivity index (χ4n) is 1.88. The molecule has 2 heterocycles. The van der Waals surface area contributed by atoms with Crippen molar-refractivity contribution in [3.8, 4) is 16.2 Å². The van der Waals surface area contributed by atoms with E-state index < -0.39 is 5.97 Å². The van der Waals surface area contributed by atoms with Crippen LogP contribution in [0, 0.1) is 0 Å². The van der Waals surface area contributed by atoms with Crippen molar-refractivity contribution in [1.82, 2.24) is 4.37 Å². The van der Waals surface area contributed by atoms with Crippen molar-refractivity contribution in [1.29, 1.82) is 0 Å². The molecule has 0 unspecified atom stereocenters. The molecule has 0 aliphatic carbocycles. The van der Waals surface area contributed by atoms with Gasteiger partial charge in [-0.15, -0.1) is 0 Å². The van der Waals surface area contributed by atoms with Gasteiger partial charge in [-0.3, -0.25) is 0 Å². The third kappa shape index (κ3) is 1.38. The summed E-state index contributed by atoms with van der Waals surface area (Å²) in [7, 11) is 0. The number of benzene rings is 1. The quantitative estimate of drug-likeness (QED) is 0.754. The van der Waals surface area contributed by atoms with E-state index in [-0.39, 0.29) is 11.3 Å². The molecule has 3 N–H and O–H groups in total. The first-order chi connectivity index (χ1) is 8.18. The van der Waals surface area contributed by atoms with Gasteiger partial charge in [0.1, 0.15) is 17.9 Å². The molecular weight excluding hydrogens is 240 g/mol. The van der Waals surface area contributed by atoms with Crippen molar-refractivity contribution in [2.45, 2.75) is 6.61 Å². The van der Waals surface area contributed by atoms with Gasteiger partial charge in [-0.2, -0.15) is 0 Å². The number of rotatable bonds is 1. The molecule has 0 fully saturated rings. The number of carboxylic acid groups (broad SMARTS) is 1. The molecule has 5 nitrogen and oxygen atoms in total. The molecule has 3 rings (SSSR count). The summed E-state index contributed by atoms with van der Waals surface area (Å²) in [4.78, 5) is 12.1. The fraction of sp³-hybridized carbons (Fsp3) is 0.0909. The van der Waals surface area contributed by atoms with Crippen molar-refractivity contribution in [2.24, 2.45) is 0 Å². The van der Waals surface area contributed by atoms with E-state index in [9.17, 15) is 4.79 Å². The number of nitrogens with zero attached hydrogens (tertiary/aromatic N) is 1. The number of nitrogen functional groups attached to an aromatic ring is 1. The van der Waals surface area contributed by atoms with E-state index in [0.717, 1.165) is 16.0 Å². The van der Waals surface area contributed by atoms with E-state index in [4.69, 9.17) is 15.6 Å². The monoisotopic (exact) mass is 248 g/mol. The lowest BCUT2D eigenvalue weighted by Crippen LogP contribution is -2.11. The molecule has 86 valence electrons. The number of nitrogens with two attached hydrogens (primary N) is 1. The zero-order valence-corrected chi connectivity index (χ0v) is 9.45. The topological polar surface area (TPSA) is 85.4 Å². The van der Waals surface area contributed by atoms with Crippen molar-refractivity contribution < 1.29 is 14.6 Å². The van der Waals surface area contributed by atoms with Crippen LogP contribution in [0.25, 0.3) is 10.4 Å². The van der Waals surface area contributed by atoms with Gasteiger partial charge in [-0.05, 0) is 23.7 Å². The maximum absolute atomic E-state index is 11.2. The van der Waals surface area contributed by atoms with Crippen LogP contribution in [0.5, 0.6) is 5.75 Å². The summed E-state index contributed by atoms with van der Waals surface area (Å²) in [6, 6.07) is 3.35. The van der Waals surface area contributed by atoms with Gasteiger partial charge in [0, 0.05) is 23.0 Å². The number of hydrogen-bond donors (Lipinski definition) is 2. The Morgan fingerprint density at radius 1 is 1.53 bits per heavy atom. The minimum Gasteiger partial charge on any atom is -0.487 e. The minimum atomic E-state index is -1.08. The van der Waals surface area contributed by atoms with Crippen LogP contribution in [0.3, 0.4) is 0 Å². The van der Waals surface area contributed by atoms with Crippen LogP contribution in [0.1, 0.15) is 15.9 Å². The molecule has 17 heavy (non-hydrogen) atoms. The van der Waals surface area contributed by atoms with Crippen LogP contribution in [0.15, 0.2) is 18.3 Å². The maximum atomic E-state index is 11.2. The normalized spacial score (nSPS) is 12.5. The number of aromatic nitrogens is 1. The van der Waals surface area contributed by atoms with Gasteiger partial charge in [0.05, 0.1) is 4.88 Å². The number of hydrogen-bond acceptors (Lipinski definition) is 5. The number of anilines is 1. The van der Waals surface area contributed by atoms with Gasteiger partial charge in [0.15, 0.2) is 0 Å². The molecule has 1 aromatic heterocycles. The largest absolute Gasteiger partial charge is 0.487 e. The first-order valence-corrected chi connectivity index (χ1v) is 5.68. The lowest BCUT2D eigenvalue weighted by atomic mass is 10.0. The Morgan fingerprint density at radius 3 is 3.12 bits per heavy atom. The third-order valence-corrected chi connectivity index (χ3v) is 3.54. The van der Waals surface area contributed by atoms with Crippen molar-refractivity contribution in [3.05, 3.63) is 29.5 Å². The third-order valence-electron chi connectivity index (χ3n) is 2.66. The number of ether oxygens (including phenoxy) is 1. The molecule has 0 spiro atoms. The number of fused-ring (bicyclic) bond motifs is 3. The second kappa shape index (κ2) is 3.46. The van der Waals surface area contributed by atoms with Gasteiger partial charge >= 0.3 is 5.97 Å². The van der Waals surface area contributed by atoms with Gasteiger partial charge in [0.2, 0.25) is 0 Å². The van der Waals surface area contributed by atoms with Crippen LogP contribution >= 0.6 is 11.5 Å². The highest BCUT2D eigenvalue weighted by atomic mass is 32.1. The van der Waals surface area contributed by atoms with Crippen LogP contribution in [0.4, 0.5) is 5.69 Å². The first-order valence-electron chi connectivity index (χ1n) is 4.91. The summed E-state index contributed by atoms with van der Waals surface area (Å²) < 4.78 is 9.57. The Kier molecular flexibility index (Phi) is 2.05. The van der Waals surface area contributed by atoms with E-state index >= 15 is 0 Å². The lowest BCUT2D eigenvalue weighted by molar-refractivity contribution is 0.0693. The second-order valence-corrected chi connectivity index (χ2v) is 4.48. The summed E-state index contributed by atoms with van der Waals surface area (Å²) in [5.74, 6) is -0.735. The van der Waals surface area contributed by atoms with E-state index in [1.807, 2.05) is 0 Å². The first kappa shape index (κ1) is 10.1. The molecule has 0 atom stereocenters. The molecule has 1 aliphatic heterocycles. The lowest BCUT2D eigenvalue weighted by Gasteiger charge is -2.19. The Hall–Kier alpha value is -2.08. The highest BCUT2D eigenvalue weighted by Gasteiger charge is 2.26. The van der Waals surface area contributed by atoms with E-state index in [1.165, 1.54) is 11.5 Å². The molecule has 6 heteroatoms. The second-order valence-electron chi connectivity index (χ2n) is 3.68. The number of aromatic carboxylic acids is 1. The highest BCUT2D eigenvalue weighted by Crippen LogP contribution is 2.43. The summed E-state index contributed by atoms with van der Waals surface area (Å²) in [6.07, 6.45) is 1.74. The van der Waals surface area contributed by atoms with E-state index in [0.29, 0.717) is 12.4 Å². The summed E-state index contributed by atoms with van der Waals surface area (Å²) in [6.45, 7) is 0.336. The molecule has 1 aliphatic rings. The predicted octanol–water partition coefficient (Wildman–Crippen LogP) is 1.98. The standard InChI is InChI=1S/C11H8N2O3S/c12-7-2-1-6-9(8(7)11(14)15)16-4-5-3-13-17-10(5)6/h1-3H,4,12H2,(H,14,15). The van der Waals surface area contributed by atoms with Crippen molar-refractivity contribution in [2.75, 3.05) is 5.73 Å². The molecular formula is C11H8N2O3S. The Labute approximate surface area is 101 Å². The minimum absolute atomic E-state index is 0.0292. The number of carbonyl (C=O) groups is 1. The summed E-state index contributed by atoms with van der Waals surface area (Å²) in [5, 5.41) is 9.15. The number of carboxylic acids is 1. The van der Waals surface area contributed by atoms with E-state index in [1.54, 1.807) is 18.3 Å². The predicted molar refractivity (Wildman–Crippen MR) is 63.3 cm³/mol. The Balaban J connectivity index is 2.31. The van der Waals surface area contributed by atoms with Crippen LogP contribution < -0.4 is 10.5 Å². The average Bonchev–Trinajstić information content (AvgIpc) is 2.75. The maximum Gasteiger partial charge on any atom is 0.341 e. The molecule has 0 saturated carbocycles. The Morgan fingerprint density at radius 2 is 2.35 bits per heavy atom. The fourth-order valence-corrected chi connectivity index (χ4v) is 2.66.